The second kappa shape index (κ2) is 5.71. The predicted octanol–water partition coefficient (Wildman–Crippen LogP) is 1.42. The molecular weight excluding hydrogens is 264 g/mol. The summed E-state index contributed by atoms with van der Waals surface area (Å²) in [6.45, 7) is 1.98. The molecule has 0 radical (unpaired) electrons. The monoisotopic (exact) mass is 278 g/mol. The van der Waals surface area contributed by atoms with E-state index in [1.54, 1.807) is 0 Å². The zero-order chi connectivity index (χ0) is 13.8. The maximum absolute atomic E-state index is 11.8. The zero-order valence-electron chi connectivity index (χ0n) is 10.4. The largest absolute Gasteiger partial charge is 0.493 e. The minimum absolute atomic E-state index is 0.0495. The van der Waals surface area contributed by atoms with Gasteiger partial charge in [0.2, 0.25) is 11.8 Å². The molecule has 2 aromatic rings. The van der Waals surface area contributed by atoms with Crippen molar-refractivity contribution in [3.63, 3.8) is 0 Å². The Kier molecular flexibility index (Phi) is 4.01. The molecule has 6 heteroatoms. The highest BCUT2D eigenvalue weighted by Gasteiger charge is 2.14. The van der Waals surface area contributed by atoms with E-state index in [1.807, 2.05) is 30.3 Å². The molecule has 0 bridgehead atoms. The van der Waals surface area contributed by atoms with E-state index in [1.165, 1.54) is 11.5 Å². The van der Waals surface area contributed by atoms with Gasteiger partial charge in [0, 0.05) is 20.0 Å². The third-order valence-corrected chi connectivity index (χ3v) is 3.63. The van der Waals surface area contributed by atoms with Gasteiger partial charge in [-0.25, -0.2) is 0 Å². The first-order valence-electron chi connectivity index (χ1n) is 5.82. The van der Waals surface area contributed by atoms with Crippen molar-refractivity contribution in [1.29, 1.82) is 0 Å². The fourth-order valence-electron chi connectivity index (χ4n) is 1.72. The van der Waals surface area contributed by atoms with Crippen LogP contribution < -0.4 is 10.2 Å². The Morgan fingerprint density at radius 3 is 2.68 bits per heavy atom. The normalized spacial score (nSPS) is 10.4. The first kappa shape index (κ1) is 13.4. The van der Waals surface area contributed by atoms with Crippen LogP contribution in [0.3, 0.4) is 0 Å². The van der Waals surface area contributed by atoms with Crippen molar-refractivity contribution in [2.45, 2.75) is 13.5 Å². The predicted molar refractivity (Wildman–Crippen MR) is 74.4 cm³/mol. The number of nitrogens with zero attached hydrogens (tertiary/aromatic N) is 1. The molecule has 5 nitrogen and oxygen atoms in total. The van der Waals surface area contributed by atoms with Crippen molar-refractivity contribution < 1.29 is 9.90 Å². The van der Waals surface area contributed by atoms with Crippen molar-refractivity contribution in [2.75, 3.05) is 6.54 Å². The van der Waals surface area contributed by atoms with Gasteiger partial charge in [0.05, 0.1) is 4.88 Å². The first-order valence-corrected chi connectivity index (χ1v) is 6.63. The summed E-state index contributed by atoms with van der Waals surface area (Å²) in [6.07, 6.45) is 0. The van der Waals surface area contributed by atoms with E-state index in [0.717, 1.165) is 16.9 Å². The van der Waals surface area contributed by atoms with Gasteiger partial charge < -0.3 is 10.4 Å². The van der Waals surface area contributed by atoms with Gasteiger partial charge in [0.15, 0.2) is 0 Å². The first-order chi connectivity index (χ1) is 9.09. The summed E-state index contributed by atoms with van der Waals surface area (Å²) in [5, 5.41) is 12.7. The number of carbonyl (C=O) groups excluding carboxylic acids is 1. The molecule has 0 aliphatic carbocycles. The molecule has 1 heterocycles. The summed E-state index contributed by atoms with van der Waals surface area (Å²) in [7, 11) is 0. The summed E-state index contributed by atoms with van der Waals surface area (Å²) < 4.78 is 1.27. The van der Waals surface area contributed by atoms with Gasteiger partial charge in [-0.05, 0) is 5.56 Å². The minimum atomic E-state index is -0.235. The van der Waals surface area contributed by atoms with Gasteiger partial charge in [0.25, 0.3) is 0 Å². The highest BCUT2D eigenvalue weighted by atomic mass is 32.1. The average molecular weight is 278 g/mol. The summed E-state index contributed by atoms with van der Waals surface area (Å²) in [4.78, 5) is 22.9. The molecular formula is C13H14N2O3S. The Hall–Kier alpha value is -2.08. The van der Waals surface area contributed by atoms with Gasteiger partial charge in [-0.2, -0.15) is 0 Å². The van der Waals surface area contributed by atoms with Crippen molar-refractivity contribution in [1.82, 2.24) is 9.88 Å². The van der Waals surface area contributed by atoms with E-state index in [9.17, 15) is 14.7 Å². The molecule has 0 atom stereocenters. The van der Waals surface area contributed by atoms with Crippen molar-refractivity contribution in [2.24, 2.45) is 0 Å². The Morgan fingerprint density at radius 1 is 1.37 bits per heavy atom. The molecule has 2 rings (SSSR count). The minimum Gasteiger partial charge on any atom is -0.493 e. The second-order valence-corrected chi connectivity index (χ2v) is 4.98. The number of benzene rings is 1. The molecule has 0 unspecified atom stereocenters. The summed E-state index contributed by atoms with van der Waals surface area (Å²) in [5.74, 6) is -0.211. The molecule has 0 aliphatic rings. The van der Waals surface area contributed by atoms with E-state index in [-0.39, 0.29) is 23.2 Å². The van der Waals surface area contributed by atoms with E-state index in [0.29, 0.717) is 11.4 Å². The van der Waals surface area contributed by atoms with Crippen LogP contribution in [-0.2, 0) is 11.3 Å². The molecule has 0 saturated heterocycles. The molecule has 100 valence electrons. The SMILES string of the molecule is CC(=O)NCCn1c(O)c(-c2ccccc2)sc1=O. The Morgan fingerprint density at radius 2 is 2.05 bits per heavy atom. The number of aromatic nitrogens is 1. The van der Waals surface area contributed by atoms with Gasteiger partial charge in [-0.1, -0.05) is 41.7 Å². The van der Waals surface area contributed by atoms with E-state index in [4.69, 9.17) is 0 Å². The van der Waals surface area contributed by atoms with Crippen LogP contribution in [0.15, 0.2) is 35.1 Å². The second-order valence-electron chi connectivity index (χ2n) is 4.02. The quantitative estimate of drug-likeness (QED) is 0.888. The van der Waals surface area contributed by atoms with Crippen molar-refractivity contribution in [3.05, 3.63) is 40.0 Å². The number of rotatable bonds is 4. The van der Waals surface area contributed by atoms with Crippen LogP contribution in [0.4, 0.5) is 0 Å². The lowest BCUT2D eigenvalue weighted by molar-refractivity contribution is -0.118. The smallest absolute Gasteiger partial charge is 0.310 e. The van der Waals surface area contributed by atoms with Gasteiger partial charge in [-0.3, -0.25) is 14.2 Å². The highest BCUT2D eigenvalue weighted by molar-refractivity contribution is 7.13. The zero-order valence-corrected chi connectivity index (χ0v) is 11.2. The molecule has 0 aliphatic heterocycles. The molecule has 0 spiro atoms. The average Bonchev–Trinajstić information content (AvgIpc) is 2.67. The van der Waals surface area contributed by atoms with Gasteiger partial charge in [-0.15, -0.1) is 0 Å². The van der Waals surface area contributed by atoms with Crippen molar-refractivity contribution >= 4 is 17.2 Å². The lowest BCUT2D eigenvalue weighted by Gasteiger charge is -2.05. The molecule has 2 N–H and O–H groups in total. The number of aromatic hydroxyl groups is 1. The van der Waals surface area contributed by atoms with E-state index >= 15 is 0 Å². The fraction of sp³-hybridized carbons (Fsp3) is 0.231. The van der Waals surface area contributed by atoms with Crippen LogP contribution >= 0.6 is 11.3 Å². The number of amides is 1. The standard InChI is InChI=1S/C13H14N2O3S/c1-9(16)14-7-8-15-12(17)11(19-13(15)18)10-5-3-2-4-6-10/h2-6,17H,7-8H2,1H3,(H,14,16). The molecule has 1 aromatic carbocycles. The maximum Gasteiger partial charge on any atom is 0.310 e. The lowest BCUT2D eigenvalue weighted by atomic mass is 10.2. The lowest BCUT2D eigenvalue weighted by Crippen LogP contribution is -2.27. The summed E-state index contributed by atoms with van der Waals surface area (Å²) in [5.41, 5.74) is 0.806. The number of nitrogens with one attached hydrogen (secondary N) is 1. The molecule has 0 fully saturated rings. The highest BCUT2D eigenvalue weighted by Crippen LogP contribution is 2.31. The fourth-order valence-corrected chi connectivity index (χ4v) is 2.63. The number of thiazole rings is 1. The van der Waals surface area contributed by atoms with Crippen LogP contribution in [0.1, 0.15) is 6.92 Å². The van der Waals surface area contributed by atoms with E-state index < -0.39 is 0 Å². The Balaban J connectivity index is 2.25. The third kappa shape index (κ3) is 3.03. The van der Waals surface area contributed by atoms with Crippen molar-refractivity contribution in [3.8, 4) is 16.3 Å². The Bertz CT molecular complexity index is 631. The number of hydrogen-bond donors (Lipinski definition) is 2. The van der Waals surface area contributed by atoms with Crippen LogP contribution in [0, 0.1) is 0 Å². The third-order valence-electron chi connectivity index (χ3n) is 2.61. The van der Waals surface area contributed by atoms with Gasteiger partial charge in [0.1, 0.15) is 0 Å². The summed E-state index contributed by atoms with van der Waals surface area (Å²) >= 11 is 0.998. The Labute approximate surface area is 114 Å². The van der Waals surface area contributed by atoms with Gasteiger partial charge >= 0.3 is 4.87 Å². The van der Waals surface area contributed by atoms with Crippen LogP contribution in [-0.4, -0.2) is 22.1 Å². The maximum atomic E-state index is 11.8. The molecule has 0 saturated carbocycles. The molecule has 1 aromatic heterocycles. The van der Waals surface area contributed by atoms with Crippen LogP contribution in [0.25, 0.3) is 10.4 Å². The molecule has 1 amide bonds. The van der Waals surface area contributed by atoms with E-state index in [2.05, 4.69) is 5.32 Å². The number of hydrogen-bond acceptors (Lipinski definition) is 4. The van der Waals surface area contributed by atoms with Crippen LogP contribution in [0.2, 0.25) is 0 Å². The number of carbonyl (C=O) groups is 1. The summed E-state index contributed by atoms with van der Waals surface area (Å²) in [6, 6.07) is 9.24. The molecule has 19 heavy (non-hydrogen) atoms. The topological polar surface area (TPSA) is 71.3 Å². The van der Waals surface area contributed by atoms with Crippen LogP contribution in [0.5, 0.6) is 5.88 Å².